The largest absolute Gasteiger partial charge is 0.391 e. The lowest BCUT2D eigenvalue weighted by molar-refractivity contribution is -0.0268. The van der Waals surface area contributed by atoms with Gasteiger partial charge >= 0.3 is 0 Å². The van der Waals surface area contributed by atoms with Gasteiger partial charge in [-0.1, -0.05) is 27.7 Å². The van der Waals surface area contributed by atoms with Gasteiger partial charge in [0.15, 0.2) is 23.3 Å². The molecule has 16 heteroatoms. The number of carbonyl (C=O) groups is 2. The number of aryl methyl sites for hydroxylation is 2. The van der Waals surface area contributed by atoms with Gasteiger partial charge < -0.3 is 20.8 Å². The number of benzene rings is 4. The van der Waals surface area contributed by atoms with E-state index < -0.39 is 47.3 Å². The first-order chi connectivity index (χ1) is 25.9. The molecular weight excluding hydrogens is 950 g/mol. The Balaban J connectivity index is 0.000000296. The van der Waals surface area contributed by atoms with Crippen molar-refractivity contribution in [2.45, 2.75) is 60.2 Å². The minimum Gasteiger partial charge on any atom is -0.391 e. The van der Waals surface area contributed by atoms with Crippen LogP contribution in [0, 0.1) is 56.1 Å². The molecule has 4 aromatic rings. The Hall–Kier alpha value is -3.56. The van der Waals surface area contributed by atoms with Crippen molar-refractivity contribution in [2.24, 2.45) is 11.8 Å². The maximum absolute atomic E-state index is 14.4. The highest BCUT2D eigenvalue weighted by Gasteiger charge is 2.22. The zero-order valence-corrected chi connectivity index (χ0v) is 35.3. The summed E-state index contributed by atoms with van der Waals surface area (Å²) in [4.78, 5) is 34.8. The number of anilines is 4. The van der Waals surface area contributed by atoms with Crippen LogP contribution in [0.2, 0.25) is 0 Å². The topological polar surface area (TPSA) is 141 Å². The van der Waals surface area contributed by atoms with E-state index in [0.29, 0.717) is 17.8 Å². The Morgan fingerprint density at radius 1 is 0.673 bits per heavy atom. The summed E-state index contributed by atoms with van der Waals surface area (Å²) in [5.74, 6) is -5.76. The van der Waals surface area contributed by atoms with Gasteiger partial charge in [-0.15, -0.1) is 0 Å². The third-order valence-electron chi connectivity index (χ3n) is 7.95. The molecule has 6 N–H and O–H groups in total. The standard InChI is InChI=1S/C20H23F2IN2O3.C19H21F2IN2O3/c1-11(2)8-14(26)10-28-25-20(27)15-5-6-16(21)18(22)19(15)24-17-7-4-13(23)9-12(17)3;1-10(2)16(25)9-27-24-19(26)13-5-6-14(20)17(21)18(13)23-15-7-4-12(22)8-11(15)3/h4-7,9,11,14,24,26H,8,10H2,1-3H3,(H,25,27);4-8,10,16,23,25H,9H2,1-3H3,(H,24,26). The molecule has 0 aliphatic rings. The van der Waals surface area contributed by atoms with Crippen LogP contribution in [-0.2, 0) is 9.68 Å². The summed E-state index contributed by atoms with van der Waals surface area (Å²) in [5, 5.41) is 25.1. The molecule has 2 amide bonds. The van der Waals surface area contributed by atoms with E-state index in [1.165, 1.54) is 12.1 Å². The van der Waals surface area contributed by atoms with Crippen LogP contribution < -0.4 is 21.6 Å². The SMILES string of the molecule is Cc1cc(I)ccc1Nc1c(C(=O)NOCC(O)C(C)C)ccc(F)c1F.Cc1cc(I)ccc1Nc1c(C(=O)NOCC(O)CC(C)C)ccc(F)c1F. The Kier molecular flexibility index (Phi) is 18.1. The minimum atomic E-state index is -1.16. The van der Waals surface area contributed by atoms with E-state index in [1.54, 1.807) is 26.0 Å². The number of hydrogen-bond donors (Lipinski definition) is 6. The molecule has 0 saturated heterocycles. The second-order valence-electron chi connectivity index (χ2n) is 13.3. The molecule has 0 aromatic heterocycles. The van der Waals surface area contributed by atoms with Crippen LogP contribution in [0.3, 0.4) is 0 Å². The number of rotatable bonds is 15. The lowest BCUT2D eigenvalue weighted by Crippen LogP contribution is -2.31. The lowest BCUT2D eigenvalue weighted by atomic mass is 10.1. The van der Waals surface area contributed by atoms with Crippen LogP contribution in [0.4, 0.5) is 40.3 Å². The van der Waals surface area contributed by atoms with Gasteiger partial charge in [-0.05, 0) is 149 Å². The van der Waals surface area contributed by atoms with Gasteiger partial charge in [-0.25, -0.2) is 28.5 Å². The average Bonchev–Trinajstić information content (AvgIpc) is 3.10. The molecule has 4 rings (SSSR count). The van der Waals surface area contributed by atoms with Crippen molar-refractivity contribution in [3.8, 4) is 0 Å². The van der Waals surface area contributed by atoms with Gasteiger partial charge in [-0.2, -0.15) is 0 Å². The average molecular weight is 995 g/mol. The van der Waals surface area contributed by atoms with Crippen LogP contribution in [0.1, 0.15) is 66.0 Å². The predicted octanol–water partition coefficient (Wildman–Crippen LogP) is 8.99. The van der Waals surface area contributed by atoms with Crippen LogP contribution in [0.15, 0.2) is 60.7 Å². The quantitative estimate of drug-likeness (QED) is 0.0394. The Morgan fingerprint density at radius 2 is 1.09 bits per heavy atom. The van der Waals surface area contributed by atoms with Crippen molar-refractivity contribution < 1.29 is 47.0 Å². The molecule has 55 heavy (non-hydrogen) atoms. The highest BCUT2D eigenvalue weighted by atomic mass is 127. The molecule has 0 heterocycles. The van der Waals surface area contributed by atoms with Gasteiger partial charge in [0.1, 0.15) is 13.2 Å². The Labute approximate surface area is 345 Å². The predicted molar refractivity (Wildman–Crippen MR) is 220 cm³/mol. The second kappa shape index (κ2) is 21.7. The van der Waals surface area contributed by atoms with E-state index in [0.717, 1.165) is 30.4 Å². The zero-order valence-electron chi connectivity index (χ0n) is 31.0. The number of aliphatic hydroxyl groups excluding tert-OH is 2. The van der Waals surface area contributed by atoms with Crippen molar-refractivity contribution >= 4 is 79.7 Å². The molecule has 2 unspecified atom stereocenters. The van der Waals surface area contributed by atoms with Gasteiger partial charge in [0.2, 0.25) is 0 Å². The summed E-state index contributed by atoms with van der Waals surface area (Å²) in [6, 6.07) is 14.9. The molecule has 0 spiro atoms. The van der Waals surface area contributed by atoms with Gasteiger partial charge in [0.05, 0.1) is 34.7 Å². The number of amides is 2. The lowest BCUT2D eigenvalue weighted by Gasteiger charge is -2.17. The molecule has 0 radical (unpaired) electrons. The molecule has 0 aliphatic heterocycles. The number of hydrogen-bond acceptors (Lipinski definition) is 8. The summed E-state index contributed by atoms with van der Waals surface area (Å²) < 4.78 is 58.3. The van der Waals surface area contributed by atoms with Gasteiger partial charge in [0.25, 0.3) is 11.8 Å². The van der Waals surface area contributed by atoms with Gasteiger partial charge in [0, 0.05) is 18.5 Å². The monoisotopic (exact) mass is 994 g/mol. The Morgan fingerprint density at radius 3 is 1.47 bits per heavy atom. The Bertz CT molecular complexity index is 1950. The van der Waals surface area contributed by atoms with Crippen molar-refractivity contribution in [3.05, 3.63) is 113 Å². The maximum Gasteiger partial charge on any atom is 0.277 e. The third-order valence-corrected chi connectivity index (χ3v) is 9.29. The number of hydroxylamine groups is 2. The smallest absolute Gasteiger partial charge is 0.277 e. The van der Waals surface area contributed by atoms with Gasteiger partial charge in [-0.3, -0.25) is 19.3 Å². The number of carbonyl (C=O) groups excluding carboxylic acids is 2. The molecule has 0 bridgehead atoms. The highest BCUT2D eigenvalue weighted by molar-refractivity contribution is 14.1. The molecule has 2 atom stereocenters. The number of aliphatic hydroxyl groups is 2. The fraction of sp³-hybridized carbons (Fsp3) is 0.333. The summed E-state index contributed by atoms with van der Waals surface area (Å²) in [6.07, 6.45) is -0.987. The zero-order chi connectivity index (χ0) is 41.0. The first-order valence-electron chi connectivity index (χ1n) is 17.1. The fourth-order valence-electron chi connectivity index (χ4n) is 4.84. The van der Waals surface area contributed by atoms with E-state index in [2.05, 4.69) is 66.8 Å². The summed E-state index contributed by atoms with van der Waals surface area (Å²) in [7, 11) is 0. The molecule has 0 saturated carbocycles. The minimum absolute atomic E-state index is 0.0498. The number of halogens is 6. The van der Waals surface area contributed by atoms with Crippen molar-refractivity contribution in [1.29, 1.82) is 0 Å². The van der Waals surface area contributed by atoms with Crippen LogP contribution >= 0.6 is 45.2 Å². The maximum atomic E-state index is 14.4. The van der Waals surface area contributed by atoms with E-state index in [1.807, 2.05) is 52.0 Å². The summed E-state index contributed by atoms with van der Waals surface area (Å²) >= 11 is 4.29. The normalized spacial score (nSPS) is 12.1. The molecule has 0 fully saturated rings. The molecule has 298 valence electrons. The molecular formula is C39H44F4I2N4O6. The van der Waals surface area contributed by atoms with Crippen molar-refractivity contribution in [1.82, 2.24) is 11.0 Å². The first kappa shape index (κ1) is 45.8. The molecule has 4 aromatic carbocycles. The fourth-order valence-corrected chi connectivity index (χ4v) is 6.13. The molecule has 0 aliphatic carbocycles. The van der Waals surface area contributed by atoms with E-state index in [4.69, 9.17) is 9.68 Å². The summed E-state index contributed by atoms with van der Waals surface area (Å²) in [6.45, 7) is 10.9. The van der Waals surface area contributed by atoms with E-state index in [9.17, 15) is 37.4 Å². The van der Waals surface area contributed by atoms with Crippen LogP contribution in [0.25, 0.3) is 0 Å². The van der Waals surface area contributed by atoms with Crippen LogP contribution in [0.5, 0.6) is 0 Å². The second-order valence-corrected chi connectivity index (χ2v) is 15.8. The highest BCUT2D eigenvalue weighted by Crippen LogP contribution is 2.30. The van der Waals surface area contributed by atoms with Crippen LogP contribution in [-0.4, -0.2) is 47.4 Å². The number of nitrogens with one attached hydrogen (secondary N) is 4. The first-order valence-corrected chi connectivity index (χ1v) is 19.3. The summed E-state index contributed by atoms with van der Waals surface area (Å²) in [5.41, 5.74) is 6.24. The van der Waals surface area contributed by atoms with Crippen molar-refractivity contribution in [3.63, 3.8) is 0 Å². The third kappa shape index (κ3) is 13.9. The van der Waals surface area contributed by atoms with E-state index >= 15 is 0 Å². The van der Waals surface area contributed by atoms with Crippen molar-refractivity contribution in [2.75, 3.05) is 23.8 Å². The molecule has 10 nitrogen and oxygen atoms in total. The van der Waals surface area contributed by atoms with E-state index in [-0.39, 0.29) is 47.6 Å².